The van der Waals surface area contributed by atoms with Crippen molar-refractivity contribution in [3.8, 4) is 0 Å². The molecular weight excluding hydrogens is 332 g/mol. The molecule has 0 spiro atoms. The van der Waals surface area contributed by atoms with Crippen molar-refractivity contribution in [1.82, 2.24) is 5.32 Å². The summed E-state index contributed by atoms with van der Waals surface area (Å²) in [4.78, 5) is 35.0. The highest BCUT2D eigenvalue weighted by atomic mass is 16.5. The zero-order valence-electron chi connectivity index (χ0n) is 15.1. The molecule has 6 nitrogen and oxygen atoms in total. The zero-order valence-corrected chi connectivity index (χ0v) is 15.1. The van der Waals surface area contributed by atoms with Gasteiger partial charge >= 0.3 is 5.97 Å². The van der Waals surface area contributed by atoms with Crippen LogP contribution in [0.1, 0.15) is 43.0 Å². The predicted molar refractivity (Wildman–Crippen MR) is 101 cm³/mol. The van der Waals surface area contributed by atoms with E-state index in [-0.39, 0.29) is 11.8 Å². The van der Waals surface area contributed by atoms with Crippen LogP contribution < -0.4 is 10.6 Å². The maximum absolute atomic E-state index is 12.2. The molecule has 26 heavy (non-hydrogen) atoms. The maximum atomic E-state index is 12.2. The summed E-state index contributed by atoms with van der Waals surface area (Å²) in [6, 6.07) is 11.1. The molecule has 0 aliphatic heterocycles. The van der Waals surface area contributed by atoms with Crippen molar-refractivity contribution in [1.29, 1.82) is 0 Å². The standard InChI is InChI=1S/C20H24N2O4/c1-14(23)21-11-7-3-4-10-19(24)22-18-13-16-9-6-5-8-15(16)12-17(18)20(25)26-2/h5-6,8-9,12-13H,3-4,7,10-11H2,1-2H3,(H,21,23)(H,22,24). The molecule has 2 aromatic carbocycles. The summed E-state index contributed by atoms with van der Waals surface area (Å²) < 4.78 is 4.83. The van der Waals surface area contributed by atoms with Gasteiger partial charge in [0.05, 0.1) is 18.4 Å². The average molecular weight is 356 g/mol. The molecule has 2 amide bonds. The smallest absolute Gasteiger partial charge is 0.339 e. The molecule has 6 heteroatoms. The number of carbonyl (C=O) groups is 3. The first-order chi connectivity index (χ1) is 12.5. The number of nitrogens with one attached hydrogen (secondary N) is 2. The average Bonchev–Trinajstić information content (AvgIpc) is 2.63. The third kappa shape index (κ3) is 5.58. The number of carbonyl (C=O) groups excluding carboxylic acids is 3. The summed E-state index contributed by atoms with van der Waals surface area (Å²) in [5.74, 6) is -0.680. The highest BCUT2D eigenvalue weighted by Crippen LogP contribution is 2.25. The number of methoxy groups -OCH3 is 1. The first kappa shape index (κ1) is 19.4. The zero-order chi connectivity index (χ0) is 18.9. The quantitative estimate of drug-likeness (QED) is 0.562. The first-order valence-corrected chi connectivity index (χ1v) is 8.66. The number of benzene rings is 2. The number of anilines is 1. The third-order valence-corrected chi connectivity index (χ3v) is 4.02. The Labute approximate surface area is 152 Å². The van der Waals surface area contributed by atoms with Gasteiger partial charge in [-0.15, -0.1) is 0 Å². The second-order valence-corrected chi connectivity index (χ2v) is 6.08. The molecule has 0 radical (unpaired) electrons. The monoisotopic (exact) mass is 356 g/mol. The Balaban J connectivity index is 1.98. The number of amides is 2. The van der Waals surface area contributed by atoms with Crippen LogP contribution in [-0.2, 0) is 14.3 Å². The van der Waals surface area contributed by atoms with E-state index in [1.807, 2.05) is 24.3 Å². The Bertz CT molecular complexity index is 801. The molecule has 0 aromatic heterocycles. The Morgan fingerprint density at radius 3 is 2.35 bits per heavy atom. The molecule has 0 unspecified atom stereocenters. The fourth-order valence-electron chi connectivity index (χ4n) is 2.69. The lowest BCUT2D eigenvalue weighted by atomic mass is 10.0. The number of ether oxygens (including phenoxy) is 1. The molecule has 0 saturated carbocycles. The molecule has 0 atom stereocenters. The second kappa shape index (κ2) is 9.56. The van der Waals surface area contributed by atoms with E-state index in [1.54, 1.807) is 12.1 Å². The lowest BCUT2D eigenvalue weighted by Gasteiger charge is -2.12. The van der Waals surface area contributed by atoms with E-state index in [0.29, 0.717) is 30.6 Å². The van der Waals surface area contributed by atoms with Gasteiger partial charge in [-0.2, -0.15) is 0 Å². The van der Waals surface area contributed by atoms with Crippen LogP contribution in [0.3, 0.4) is 0 Å². The van der Waals surface area contributed by atoms with Crippen LogP contribution in [0, 0.1) is 0 Å². The minimum atomic E-state index is -0.485. The third-order valence-electron chi connectivity index (χ3n) is 4.02. The molecule has 0 aliphatic carbocycles. The number of hydrogen-bond donors (Lipinski definition) is 2. The SMILES string of the molecule is COC(=O)c1cc2ccccc2cc1NC(=O)CCCCCNC(C)=O. The molecule has 0 saturated heterocycles. The van der Waals surface area contributed by atoms with Gasteiger partial charge in [0, 0.05) is 19.9 Å². The Morgan fingerprint density at radius 1 is 1.00 bits per heavy atom. The van der Waals surface area contributed by atoms with Crippen LogP contribution in [0.2, 0.25) is 0 Å². The van der Waals surface area contributed by atoms with E-state index in [2.05, 4.69) is 10.6 Å². The van der Waals surface area contributed by atoms with Crippen molar-refractivity contribution >= 4 is 34.2 Å². The van der Waals surface area contributed by atoms with Crippen LogP contribution in [0.4, 0.5) is 5.69 Å². The first-order valence-electron chi connectivity index (χ1n) is 8.66. The molecule has 0 aliphatic rings. The van der Waals surface area contributed by atoms with Crippen molar-refractivity contribution in [2.45, 2.75) is 32.6 Å². The Hall–Kier alpha value is -2.89. The highest BCUT2D eigenvalue weighted by Gasteiger charge is 2.15. The highest BCUT2D eigenvalue weighted by molar-refractivity contribution is 6.05. The van der Waals surface area contributed by atoms with Gasteiger partial charge in [0.2, 0.25) is 11.8 Å². The minimum absolute atomic E-state index is 0.0469. The van der Waals surface area contributed by atoms with Gasteiger partial charge in [0.15, 0.2) is 0 Å². The summed E-state index contributed by atoms with van der Waals surface area (Å²) in [6.45, 7) is 2.10. The normalized spacial score (nSPS) is 10.4. The molecule has 2 rings (SSSR count). The Kier molecular flexibility index (Phi) is 7.14. The number of hydrogen-bond acceptors (Lipinski definition) is 4. The van der Waals surface area contributed by atoms with Gasteiger partial charge in [-0.25, -0.2) is 4.79 Å². The van der Waals surface area contributed by atoms with Gasteiger partial charge in [-0.3, -0.25) is 9.59 Å². The second-order valence-electron chi connectivity index (χ2n) is 6.08. The van der Waals surface area contributed by atoms with E-state index >= 15 is 0 Å². The minimum Gasteiger partial charge on any atom is -0.465 e. The number of unbranched alkanes of at least 4 members (excludes halogenated alkanes) is 2. The number of esters is 1. The summed E-state index contributed by atoms with van der Waals surface area (Å²) in [6.07, 6.45) is 2.74. The molecule has 2 N–H and O–H groups in total. The molecule has 0 heterocycles. The van der Waals surface area contributed by atoms with Gasteiger partial charge in [-0.1, -0.05) is 30.7 Å². The van der Waals surface area contributed by atoms with Crippen LogP contribution in [0.15, 0.2) is 36.4 Å². The van der Waals surface area contributed by atoms with Crippen LogP contribution in [0.25, 0.3) is 10.8 Å². The van der Waals surface area contributed by atoms with Crippen LogP contribution in [-0.4, -0.2) is 31.4 Å². The Morgan fingerprint density at radius 2 is 1.69 bits per heavy atom. The van der Waals surface area contributed by atoms with Crippen molar-refractivity contribution in [3.05, 3.63) is 42.0 Å². The molecule has 0 fully saturated rings. The molecule has 0 bridgehead atoms. The van der Waals surface area contributed by atoms with Gasteiger partial charge in [0.1, 0.15) is 0 Å². The topological polar surface area (TPSA) is 84.5 Å². The van der Waals surface area contributed by atoms with E-state index in [4.69, 9.17) is 4.74 Å². The van der Waals surface area contributed by atoms with Crippen molar-refractivity contribution in [2.75, 3.05) is 19.0 Å². The lowest BCUT2D eigenvalue weighted by Crippen LogP contribution is -2.20. The molecular formula is C20H24N2O4. The van der Waals surface area contributed by atoms with Gasteiger partial charge in [0.25, 0.3) is 0 Å². The molecule has 2 aromatic rings. The number of fused-ring (bicyclic) bond motifs is 1. The van der Waals surface area contributed by atoms with Gasteiger partial charge in [-0.05, 0) is 35.7 Å². The van der Waals surface area contributed by atoms with E-state index in [1.165, 1.54) is 14.0 Å². The van der Waals surface area contributed by atoms with Gasteiger partial charge < -0.3 is 15.4 Å². The fraction of sp³-hybridized carbons (Fsp3) is 0.350. The van der Waals surface area contributed by atoms with Crippen molar-refractivity contribution < 1.29 is 19.1 Å². The largest absolute Gasteiger partial charge is 0.465 e. The summed E-state index contributed by atoms with van der Waals surface area (Å²) in [5, 5.41) is 7.39. The van der Waals surface area contributed by atoms with E-state index < -0.39 is 5.97 Å². The van der Waals surface area contributed by atoms with Crippen molar-refractivity contribution in [2.24, 2.45) is 0 Å². The summed E-state index contributed by atoms with van der Waals surface area (Å²) in [7, 11) is 1.32. The van der Waals surface area contributed by atoms with E-state index in [0.717, 1.165) is 23.6 Å². The maximum Gasteiger partial charge on any atom is 0.339 e. The van der Waals surface area contributed by atoms with Crippen LogP contribution in [0.5, 0.6) is 0 Å². The summed E-state index contributed by atoms with van der Waals surface area (Å²) in [5.41, 5.74) is 0.795. The lowest BCUT2D eigenvalue weighted by molar-refractivity contribution is -0.119. The number of rotatable bonds is 8. The fourth-order valence-corrected chi connectivity index (χ4v) is 2.69. The summed E-state index contributed by atoms with van der Waals surface area (Å²) >= 11 is 0. The molecule has 138 valence electrons. The van der Waals surface area contributed by atoms with E-state index in [9.17, 15) is 14.4 Å². The van der Waals surface area contributed by atoms with Crippen LogP contribution >= 0.6 is 0 Å². The van der Waals surface area contributed by atoms with Crippen molar-refractivity contribution in [3.63, 3.8) is 0 Å². The predicted octanol–water partition coefficient (Wildman–Crippen LogP) is 3.26.